The molecule has 2 aliphatic rings. The fraction of sp³-hybridized carbons (Fsp3) is 0.500. The molecule has 1 spiro atoms. The summed E-state index contributed by atoms with van der Waals surface area (Å²) >= 11 is 0. The fourth-order valence-electron chi connectivity index (χ4n) is 5.56. The van der Waals surface area contributed by atoms with E-state index in [1.54, 1.807) is 6.07 Å². The third kappa shape index (κ3) is 4.10. The Morgan fingerprint density at radius 1 is 1.06 bits per heavy atom. The van der Waals surface area contributed by atoms with Gasteiger partial charge in [0.1, 0.15) is 5.69 Å². The molecule has 2 heterocycles. The molecule has 4 rings (SSSR count). The number of benzene rings is 1. The topological polar surface area (TPSA) is 53.5 Å². The Bertz CT molecular complexity index is 959. The number of fused-ring (bicyclic) bond motifs is 2. The van der Waals surface area contributed by atoms with Crippen molar-refractivity contribution in [1.29, 1.82) is 0 Å². The quantitative estimate of drug-likeness (QED) is 0.726. The summed E-state index contributed by atoms with van der Waals surface area (Å²) in [5.74, 6) is 0.545. The SMILES string of the molecule is CCN(CC)C(=O)CC1CC2(CCN(C(=O)c3cccc(C)n3)CC2)c2ccccc21. The van der Waals surface area contributed by atoms with Gasteiger partial charge in [0.25, 0.3) is 5.91 Å². The highest BCUT2D eigenvalue weighted by Gasteiger charge is 2.46. The number of hydrogen-bond acceptors (Lipinski definition) is 3. The first kappa shape index (κ1) is 21.5. The summed E-state index contributed by atoms with van der Waals surface area (Å²) in [4.78, 5) is 34.1. The molecule has 2 amide bonds. The van der Waals surface area contributed by atoms with Gasteiger partial charge < -0.3 is 9.80 Å². The number of pyridine rings is 1. The second-order valence-electron chi connectivity index (χ2n) is 9.00. The Morgan fingerprint density at radius 3 is 2.45 bits per heavy atom. The molecule has 2 aromatic rings. The van der Waals surface area contributed by atoms with Gasteiger partial charge >= 0.3 is 0 Å². The number of carbonyl (C=O) groups excluding carboxylic acids is 2. The average molecular weight is 420 g/mol. The molecule has 1 aliphatic heterocycles. The first-order valence-electron chi connectivity index (χ1n) is 11.6. The van der Waals surface area contributed by atoms with Crippen molar-refractivity contribution in [3.63, 3.8) is 0 Å². The normalized spacial score (nSPS) is 19.3. The van der Waals surface area contributed by atoms with Gasteiger partial charge in [-0.1, -0.05) is 30.3 Å². The predicted octanol–water partition coefficient (Wildman–Crippen LogP) is 4.31. The Kier molecular flexibility index (Phi) is 6.12. The van der Waals surface area contributed by atoms with E-state index in [1.165, 1.54) is 11.1 Å². The van der Waals surface area contributed by atoms with E-state index >= 15 is 0 Å². The van der Waals surface area contributed by atoms with Crippen LogP contribution in [-0.4, -0.2) is 52.8 Å². The Balaban J connectivity index is 1.50. The van der Waals surface area contributed by atoms with Gasteiger partial charge in [0.05, 0.1) is 0 Å². The minimum absolute atomic E-state index is 0.0260. The van der Waals surface area contributed by atoms with Gasteiger partial charge in [0.2, 0.25) is 5.91 Å². The highest BCUT2D eigenvalue weighted by atomic mass is 16.2. The van der Waals surface area contributed by atoms with Crippen LogP contribution in [0.15, 0.2) is 42.5 Å². The largest absolute Gasteiger partial charge is 0.343 e. The monoisotopic (exact) mass is 419 g/mol. The maximum Gasteiger partial charge on any atom is 0.272 e. The molecule has 0 N–H and O–H groups in total. The summed E-state index contributed by atoms with van der Waals surface area (Å²) < 4.78 is 0. The number of aromatic nitrogens is 1. The lowest BCUT2D eigenvalue weighted by Crippen LogP contribution is -2.44. The number of hydrogen-bond donors (Lipinski definition) is 0. The maximum atomic E-state index is 13.0. The van der Waals surface area contributed by atoms with Crippen molar-refractivity contribution in [2.24, 2.45) is 0 Å². The van der Waals surface area contributed by atoms with Crippen LogP contribution in [0.5, 0.6) is 0 Å². The van der Waals surface area contributed by atoms with Crippen LogP contribution in [0.4, 0.5) is 0 Å². The molecule has 0 radical (unpaired) electrons. The lowest BCUT2D eigenvalue weighted by Gasteiger charge is -2.40. The van der Waals surface area contributed by atoms with Crippen molar-refractivity contribution < 1.29 is 9.59 Å². The minimum atomic E-state index is 0.0260. The third-order valence-electron chi connectivity index (χ3n) is 7.26. The number of carbonyl (C=O) groups is 2. The van der Waals surface area contributed by atoms with Gasteiger partial charge in [0.15, 0.2) is 0 Å². The molecule has 0 saturated carbocycles. The fourth-order valence-corrected chi connectivity index (χ4v) is 5.56. The van der Waals surface area contributed by atoms with Crippen molar-refractivity contribution in [3.05, 3.63) is 65.0 Å². The number of aryl methyl sites for hydroxylation is 1. The van der Waals surface area contributed by atoms with Crippen LogP contribution in [0.25, 0.3) is 0 Å². The van der Waals surface area contributed by atoms with Crippen molar-refractivity contribution in [1.82, 2.24) is 14.8 Å². The van der Waals surface area contributed by atoms with E-state index in [2.05, 4.69) is 29.2 Å². The van der Waals surface area contributed by atoms with Gasteiger partial charge in [-0.2, -0.15) is 0 Å². The number of rotatable bonds is 5. The number of piperidine rings is 1. The Labute approximate surface area is 185 Å². The van der Waals surface area contributed by atoms with E-state index in [9.17, 15) is 9.59 Å². The molecule has 5 heteroatoms. The van der Waals surface area contributed by atoms with Gasteiger partial charge in [-0.25, -0.2) is 4.98 Å². The van der Waals surface area contributed by atoms with Gasteiger partial charge in [-0.15, -0.1) is 0 Å². The molecule has 1 aliphatic carbocycles. The highest BCUT2D eigenvalue weighted by molar-refractivity contribution is 5.92. The standard InChI is InChI=1S/C26H33N3O2/c1-4-28(5-2)24(30)17-20-18-26(22-11-7-6-10-21(20)22)13-15-29(16-14-26)25(31)23-12-8-9-19(3)27-23/h6-12,20H,4-5,13-18H2,1-3H3. The van der Waals surface area contributed by atoms with Crippen LogP contribution < -0.4 is 0 Å². The third-order valence-corrected chi connectivity index (χ3v) is 7.26. The molecule has 1 aromatic carbocycles. The van der Waals surface area contributed by atoms with Crippen LogP contribution in [0.2, 0.25) is 0 Å². The predicted molar refractivity (Wildman–Crippen MR) is 122 cm³/mol. The molecule has 1 saturated heterocycles. The zero-order valence-corrected chi connectivity index (χ0v) is 18.9. The molecule has 5 nitrogen and oxygen atoms in total. The molecule has 164 valence electrons. The first-order valence-corrected chi connectivity index (χ1v) is 11.6. The van der Waals surface area contributed by atoms with Crippen molar-refractivity contribution in [3.8, 4) is 0 Å². The van der Waals surface area contributed by atoms with E-state index < -0.39 is 0 Å². The molecule has 1 unspecified atom stereocenters. The lowest BCUT2D eigenvalue weighted by molar-refractivity contribution is -0.131. The summed E-state index contributed by atoms with van der Waals surface area (Å²) in [5.41, 5.74) is 4.20. The number of amides is 2. The molecular weight excluding hydrogens is 386 g/mol. The lowest BCUT2D eigenvalue weighted by atomic mass is 9.73. The summed E-state index contributed by atoms with van der Waals surface area (Å²) in [6, 6.07) is 14.3. The average Bonchev–Trinajstić information content (AvgIpc) is 3.08. The van der Waals surface area contributed by atoms with E-state index in [4.69, 9.17) is 0 Å². The van der Waals surface area contributed by atoms with Gasteiger partial charge in [-0.05, 0) is 74.6 Å². The minimum Gasteiger partial charge on any atom is -0.343 e. The van der Waals surface area contributed by atoms with Crippen LogP contribution in [0, 0.1) is 6.92 Å². The summed E-state index contributed by atoms with van der Waals surface area (Å²) in [5, 5.41) is 0. The second kappa shape index (κ2) is 8.81. The summed E-state index contributed by atoms with van der Waals surface area (Å²) in [7, 11) is 0. The summed E-state index contributed by atoms with van der Waals surface area (Å²) in [6.45, 7) is 9.00. The Morgan fingerprint density at radius 2 is 1.77 bits per heavy atom. The van der Waals surface area contributed by atoms with E-state index in [0.29, 0.717) is 12.1 Å². The van der Waals surface area contributed by atoms with Crippen LogP contribution in [0.1, 0.15) is 72.8 Å². The zero-order chi connectivity index (χ0) is 22.0. The molecular formula is C26H33N3O2. The highest BCUT2D eigenvalue weighted by Crippen LogP contribution is 2.52. The van der Waals surface area contributed by atoms with E-state index in [0.717, 1.165) is 51.1 Å². The molecule has 1 atom stereocenters. The van der Waals surface area contributed by atoms with E-state index in [1.807, 2.05) is 42.7 Å². The van der Waals surface area contributed by atoms with E-state index in [-0.39, 0.29) is 23.1 Å². The van der Waals surface area contributed by atoms with Crippen molar-refractivity contribution in [2.45, 2.75) is 57.8 Å². The number of nitrogens with zero attached hydrogens (tertiary/aromatic N) is 3. The molecule has 1 fully saturated rings. The van der Waals surface area contributed by atoms with Crippen LogP contribution in [-0.2, 0) is 10.2 Å². The van der Waals surface area contributed by atoms with Crippen molar-refractivity contribution in [2.75, 3.05) is 26.2 Å². The van der Waals surface area contributed by atoms with Crippen molar-refractivity contribution >= 4 is 11.8 Å². The smallest absolute Gasteiger partial charge is 0.272 e. The Hall–Kier alpha value is -2.69. The maximum absolute atomic E-state index is 13.0. The van der Waals surface area contributed by atoms with Gasteiger partial charge in [-0.3, -0.25) is 9.59 Å². The molecule has 31 heavy (non-hydrogen) atoms. The van der Waals surface area contributed by atoms with Gasteiger partial charge in [0, 0.05) is 38.3 Å². The summed E-state index contributed by atoms with van der Waals surface area (Å²) in [6.07, 6.45) is 3.47. The van der Waals surface area contributed by atoms with Crippen LogP contribution >= 0.6 is 0 Å². The first-order chi connectivity index (χ1) is 15.0. The van der Waals surface area contributed by atoms with Crippen LogP contribution in [0.3, 0.4) is 0 Å². The number of likely N-dealkylation sites (tertiary alicyclic amines) is 1. The molecule has 1 aromatic heterocycles. The zero-order valence-electron chi connectivity index (χ0n) is 18.9. The molecule has 0 bridgehead atoms. The second-order valence-corrected chi connectivity index (χ2v) is 9.00.